The Balaban J connectivity index is 1.30. The number of hydrogen-bond acceptors (Lipinski definition) is 7. The van der Waals surface area contributed by atoms with Crippen LogP contribution in [0.3, 0.4) is 0 Å². The van der Waals surface area contributed by atoms with E-state index in [9.17, 15) is 23.1 Å². The molecule has 2 unspecified atom stereocenters. The van der Waals surface area contributed by atoms with Gasteiger partial charge in [0.15, 0.2) is 0 Å². The van der Waals surface area contributed by atoms with E-state index < -0.39 is 15.7 Å². The lowest BCUT2D eigenvalue weighted by molar-refractivity contribution is 0.100. The maximum Gasteiger partial charge on any atom is 0.256 e. The minimum atomic E-state index is -2.90. The maximum atomic E-state index is 12.9. The Bertz CT molecular complexity index is 1450. The molecule has 0 spiro atoms. The average molecular weight is 637 g/mol. The molecule has 210 valence electrons. The van der Waals surface area contributed by atoms with Crippen LogP contribution in [0.25, 0.3) is 10.1 Å². The molecule has 1 aliphatic carbocycles. The number of primary amides is 1. The van der Waals surface area contributed by atoms with Crippen molar-refractivity contribution < 1.29 is 23.1 Å². The van der Waals surface area contributed by atoms with Crippen LogP contribution in [0.1, 0.15) is 64.8 Å². The number of carbonyl (C=O) groups excluding carboxylic acids is 2. The molecule has 2 amide bonds. The fourth-order valence-electron chi connectivity index (χ4n) is 5.14. The van der Waals surface area contributed by atoms with Gasteiger partial charge in [-0.05, 0) is 83.4 Å². The lowest BCUT2D eigenvalue weighted by Gasteiger charge is -2.16. The molecule has 5 N–H and O–H groups in total. The van der Waals surface area contributed by atoms with Gasteiger partial charge >= 0.3 is 0 Å². The standard InChI is InChI=1S/C28H34BrN3O5S2/c1-39(36,37)12-11-17-3-2-4-18(6-5-17)15-31-16-19-7-9-20(10-8-19)27(35)32-28-25(26(30)34)21-13-22(29)23(33)14-24(21)38-28/h7-10,13-14,17-18,31,33H,2-6,11-12,15-16H2,1H3,(H2,30,34)(H,32,35). The van der Waals surface area contributed by atoms with Crippen LogP contribution < -0.4 is 16.4 Å². The summed E-state index contributed by atoms with van der Waals surface area (Å²) in [6.45, 7) is 1.60. The van der Waals surface area contributed by atoms with Crippen LogP contribution in [0.5, 0.6) is 5.75 Å². The molecule has 11 heteroatoms. The van der Waals surface area contributed by atoms with Gasteiger partial charge in [0, 0.05) is 28.5 Å². The smallest absolute Gasteiger partial charge is 0.256 e. The highest BCUT2D eigenvalue weighted by molar-refractivity contribution is 9.10. The lowest BCUT2D eigenvalue weighted by Crippen LogP contribution is -2.22. The molecule has 1 saturated carbocycles. The number of fused-ring (bicyclic) bond motifs is 1. The predicted octanol–water partition coefficient (Wildman–Crippen LogP) is 5.44. The zero-order valence-corrected chi connectivity index (χ0v) is 25.1. The molecular formula is C28H34BrN3O5S2. The fraction of sp³-hybridized carbons (Fsp3) is 0.429. The first-order valence-electron chi connectivity index (χ1n) is 13.0. The van der Waals surface area contributed by atoms with Crippen molar-refractivity contribution in [3.8, 4) is 5.75 Å². The maximum absolute atomic E-state index is 12.9. The zero-order chi connectivity index (χ0) is 28.2. The molecule has 0 saturated heterocycles. The Morgan fingerprint density at radius 3 is 2.49 bits per heavy atom. The van der Waals surface area contributed by atoms with Crippen molar-refractivity contribution >= 4 is 64.0 Å². The predicted molar refractivity (Wildman–Crippen MR) is 160 cm³/mol. The summed E-state index contributed by atoms with van der Waals surface area (Å²) in [7, 11) is -2.90. The second-order valence-corrected chi connectivity index (χ2v) is 14.6. The van der Waals surface area contributed by atoms with Gasteiger partial charge in [-0.2, -0.15) is 0 Å². The van der Waals surface area contributed by atoms with E-state index in [1.165, 1.54) is 23.7 Å². The Hall–Kier alpha value is -2.47. The summed E-state index contributed by atoms with van der Waals surface area (Å²) in [5, 5.41) is 17.2. The van der Waals surface area contributed by atoms with Crippen LogP contribution in [0, 0.1) is 11.8 Å². The second kappa shape index (κ2) is 12.8. The molecule has 2 atom stereocenters. The number of phenols is 1. The third kappa shape index (κ3) is 8.03. The third-order valence-corrected chi connectivity index (χ3v) is 9.99. The molecule has 1 aliphatic rings. The Morgan fingerprint density at radius 2 is 1.79 bits per heavy atom. The summed E-state index contributed by atoms with van der Waals surface area (Å²) >= 11 is 4.43. The quantitative estimate of drug-likeness (QED) is 0.219. The van der Waals surface area contributed by atoms with E-state index in [0.29, 0.717) is 43.5 Å². The van der Waals surface area contributed by atoms with Crippen molar-refractivity contribution in [2.75, 3.05) is 23.9 Å². The molecule has 3 aromatic rings. The number of benzene rings is 2. The summed E-state index contributed by atoms with van der Waals surface area (Å²) < 4.78 is 24.0. The minimum absolute atomic E-state index is 0.0367. The molecule has 0 radical (unpaired) electrons. The van der Waals surface area contributed by atoms with Crippen molar-refractivity contribution in [1.82, 2.24) is 5.32 Å². The number of rotatable bonds is 10. The molecule has 8 nitrogen and oxygen atoms in total. The zero-order valence-electron chi connectivity index (χ0n) is 21.8. The average Bonchev–Trinajstić information content (AvgIpc) is 3.04. The monoisotopic (exact) mass is 635 g/mol. The molecular weight excluding hydrogens is 602 g/mol. The van der Waals surface area contributed by atoms with Gasteiger partial charge < -0.3 is 21.5 Å². The first kappa shape index (κ1) is 29.5. The normalized spacial score (nSPS) is 18.1. The SMILES string of the molecule is CS(=O)(=O)CCC1CCCC(CNCc2ccc(C(=O)Nc3sc4cc(O)c(Br)cc4c3C(N)=O)cc2)CC1. The van der Waals surface area contributed by atoms with E-state index in [1.54, 1.807) is 18.2 Å². The topological polar surface area (TPSA) is 139 Å². The first-order valence-corrected chi connectivity index (χ1v) is 16.7. The van der Waals surface area contributed by atoms with E-state index in [1.807, 2.05) is 12.1 Å². The van der Waals surface area contributed by atoms with Crippen molar-refractivity contribution in [2.45, 2.75) is 45.1 Å². The van der Waals surface area contributed by atoms with Gasteiger partial charge in [0.2, 0.25) is 0 Å². The van der Waals surface area contributed by atoms with Gasteiger partial charge in [0.05, 0.1) is 15.8 Å². The van der Waals surface area contributed by atoms with Crippen molar-refractivity contribution in [1.29, 1.82) is 0 Å². The van der Waals surface area contributed by atoms with Crippen LogP contribution in [0.4, 0.5) is 5.00 Å². The third-order valence-electron chi connectivity index (χ3n) is 7.31. The van der Waals surface area contributed by atoms with Crippen molar-refractivity contribution in [3.05, 3.63) is 57.6 Å². The molecule has 39 heavy (non-hydrogen) atoms. The van der Waals surface area contributed by atoms with Gasteiger partial charge in [-0.15, -0.1) is 11.3 Å². The van der Waals surface area contributed by atoms with Crippen molar-refractivity contribution in [3.63, 3.8) is 0 Å². The Labute approximate surface area is 241 Å². The highest BCUT2D eigenvalue weighted by Gasteiger charge is 2.22. The van der Waals surface area contributed by atoms with E-state index in [0.717, 1.165) is 50.6 Å². The molecule has 0 bridgehead atoms. The number of nitrogens with one attached hydrogen (secondary N) is 2. The molecule has 1 heterocycles. The van der Waals surface area contributed by atoms with E-state index in [4.69, 9.17) is 5.73 Å². The number of carbonyl (C=O) groups is 2. The number of amides is 2. The van der Waals surface area contributed by atoms with Crippen LogP contribution in [0.15, 0.2) is 40.9 Å². The summed E-state index contributed by atoms with van der Waals surface area (Å²) in [5.74, 6) is 0.401. The molecule has 1 fully saturated rings. The van der Waals surface area contributed by atoms with E-state index >= 15 is 0 Å². The molecule has 4 rings (SSSR count). The molecule has 2 aromatic carbocycles. The summed E-state index contributed by atoms with van der Waals surface area (Å²) in [5.41, 5.74) is 7.33. The second-order valence-electron chi connectivity index (χ2n) is 10.4. The van der Waals surface area contributed by atoms with Gasteiger partial charge in [0.25, 0.3) is 11.8 Å². The summed E-state index contributed by atoms with van der Waals surface area (Å²) in [4.78, 5) is 25.1. The van der Waals surface area contributed by atoms with Crippen LogP contribution >= 0.6 is 27.3 Å². The number of hydrogen-bond donors (Lipinski definition) is 4. The van der Waals surface area contributed by atoms with E-state index in [-0.39, 0.29) is 23.0 Å². The summed E-state index contributed by atoms with van der Waals surface area (Å²) in [6, 6.07) is 10.5. The lowest BCUT2D eigenvalue weighted by atomic mass is 9.96. The van der Waals surface area contributed by atoms with Gasteiger partial charge in [-0.25, -0.2) is 8.42 Å². The largest absolute Gasteiger partial charge is 0.507 e. The Kier molecular flexibility index (Phi) is 9.69. The Morgan fingerprint density at radius 1 is 1.10 bits per heavy atom. The highest BCUT2D eigenvalue weighted by atomic mass is 79.9. The molecule has 0 aliphatic heterocycles. The number of nitrogens with two attached hydrogens (primary N) is 1. The van der Waals surface area contributed by atoms with Gasteiger partial charge in [-0.3, -0.25) is 9.59 Å². The van der Waals surface area contributed by atoms with Crippen LogP contribution in [-0.4, -0.2) is 43.9 Å². The minimum Gasteiger partial charge on any atom is -0.507 e. The summed E-state index contributed by atoms with van der Waals surface area (Å²) in [6.07, 6.45) is 7.69. The number of aromatic hydroxyl groups is 1. The number of halogens is 1. The van der Waals surface area contributed by atoms with Crippen LogP contribution in [-0.2, 0) is 16.4 Å². The van der Waals surface area contributed by atoms with Gasteiger partial charge in [0.1, 0.15) is 20.6 Å². The number of anilines is 1. The fourth-order valence-corrected chi connectivity index (χ4v) is 7.36. The van der Waals surface area contributed by atoms with E-state index in [2.05, 4.69) is 26.6 Å². The number of sulfone groups is 1. The van der Waals surface area contributed by atoms with Crippen LogP contribution in [0.2, 0.25) is 0 Å². The highest BCUT2D eigenvalue weighted by Crippen LogP contribution is 2.40. The van der Waals surface area contributed by atoms with Crippen molar-refractivity contribution in [2.24, 2.45) is 17.6 Å². The van der Waals surface area contributed by atoms with Gasteiger partial charge in [-0.1, -0.05) is 31.4 Å². The number of phenolic OH excluding ortho intramolecular Hbond substituents is 1. The number of thiophene rings is 1. The molecule has 1 aromatic heterocycles. The first-order chi connectivity index (χ1) is 18.5.